The number of phenols is 1. The lowest BCUT2D eigenvalue weighted by Crippen LogP contribution is -2.45. The van der Waals surface area contributed by atoms with E-state index in [1.54, 1.807) is 24.3 Å². The van der Waals surface area contributed by atoms with Crippen LogP contribution in [0.1, 0.15) is 19.4 Å². The molecule has 0 aliphatic rings. The van der Waals surface area contributed by atoms with Crippen LogP contribution in [0.2, 0.25) is 0 Å². The van der Waals surface area contributed by atoms with Crippen molar-refractivity contribution >= 4 is 5.91 Å². The van der Waals surface area contributed by atoms with E-state index in [2.05, 4.69) is 5.32 Å². The minimum Gasteiger partial charge on any atom is -0.508 e. The zero-order valence-corrected chi connectivity index (χ0v) is 9.60. The van der Waals surface area contributed by atoms with Gasteiger partial charge in [-0.3, -0.25) is 4.79 Å². The molecule has 1 unspecified atom stereocenters. The van der Waals surface area contributed by atoms with E-state index in [0.717, 1.165) is 5.56 Å². The molecule has 1 aromatic carbocycles. The molecule has 0 fully saturated rings. The predicted octanol–water partition coefficient (Wildman–Crippen LogP) is 0.787. The van der Waals surface area contributed by atoms with Crippen molar-refractivity contribution in [3.63, 3.8) is 0 Å². The van der Waals surface area contributed by atoms with Crippen molar-refractivity contribution in [2.24, 2.45) is 5.73 Å². The fourth-order valence-corrected chi connectivity index (χ4v) is 1.51. The summed E-state index contributed by atoms with van der Waals surface area (Å²) in [6.45, 7) is 3.93. The van der Waals surface area contributed by atoms with Gasteiger partial charge in [0.25, 0.3) is 0 Å². The maximum absolute atomic E-state index is 11.2. The van der Waals surface area contributed by atoms with E-state index in [4.69, 9.17) is 10.8 Å². The highest BCUT2D eigenvalue weighted by molar-refractivity contribution is 5.80. The third kappa shape index (κ3) is 3.90. The van der Waals surface area contributed by atoms with Crippen LogP contribution in [0.3, 0.4) is 0 Å². The largest absolute Gasteiger partial charge is 0.508 e. The van der Waals surface area contributed by atoms with Gasteiger partial charge in [-0.1, -0.05) is 26.0 Å². The summed E-state index contributed by atoms with van der Waals surface area (Å²) in [6, 6.07) is 6.60. The Hall–Kier alpha value is -1.55. The van der Waals surface area contributed by atoms with Gasteiger partial charge in [-0.05, 0) is 24.1 Å². The molecule has 4 heteroatoms. The average molecular weight is 222 g/mol. The van der Waals surface area contributed by atoms with Crippen LogP contribution in [0.5, 0.6) is 5.75 Å². The van der Waals surface area contributed by atoms with Gasteiger partial charge in [0.2, 0.25) is 5.91 Å². The standard InChI is InChI=1S/C12H18N2O2/c1-8(2)14-11(12(13)16)7-9-3-5-10(15)6-4-9/h3-6,8,11,14-15H,7H2,1-2H3,(H2,13,16). The first-order valence-corrected chi connectivity index (χ1v) is 5.32. The van der Waals surface area contributed by atoms with Crippen LogP contribution < -0.4 is 11.1 Å². The number of amides is 1. The van der Waals surface area contributed by atoms with E-state index in [-0.39, 0.29) is 23.7 Å². The van der Waals surface area contributed by atoms with Gasteiger partial charge in [0.15, 0.2) is 0 Å². The van der Waals surface area contributed by atoms with Crippen LogP contribution in [-0.2, 0) is 11.2 Å². The Labute approximate surface area is 95.5 Å². The summed E-state index contributed by atoms with van der Waals surface area (Å²) in [6.07, 6.45) is 0.536. The maximum atomic E-state index is 11.2. The SMILES string of the molecule is CC(C)NC(Cc1ccc(O)cc1)C(N)=O. The van der Waals surface area contributed by atoms with Crippen molar-refractivity contribution in [1.29, 1.82) is 0 Å². The highest BCUT2D eigenvalue weighted by atomic mass is 16.3. The molecule has 0 aromatic heterocycles. The minimum absolute atomic E-state index is 0.203. The first-order valence-electron chi connectivity index (χ1n) is 5.32. The molecule has 0 saturated heterocycles. The second-order valence-corrected chi connectivity index (χ2v) is 4.15. The maximum Gasteiger partial charge on any atom is 0.234 e. The summed E-state index contributed by atoms with van der Waals surface area (Å²) < 4.78 is 0. The zero-order chi connectivity index (χ0) is 12.1. The summed E-state index contributed by atoms with van der Waals surface area (Å²) in [5.41, 5.74) is 6.28. The third-order valence-corrected chi connectivity index (χ3v) is 2.25. The predicted molar refractivity (Wildman–Crippen MR) is 63.1 cm³/mol. The third-order valence-electron chi connectivity index (χ3n) is 2.25. The second-order valence-electron chi connectivity index (χ2n) is 4.15. The Morgan fingerprint density at radius 3 is 2.38 bits per heavy atom. The van der Waals surface area contributed by atoms with Gasteiger partial charge in [0.1, 0.15) is 5.75 Å². The molecule has 16 heavy (non-hydrogen) atoms. The van der Waals surface area contributed by atoms with Crippen molar-refractivity contribution in [2.45, 2.75) is 32.4 Å². The molecule has 4 N–H and O–H groups in total. The number of phenolic OH excluding ortho intramolecular Hbond substituents is 1. The van der Waals surface area contributed by atoms with Crippen LogP contribution in [-0.4, -0.2) is 23.1 Å². The van der Waals surface area contributed by atoms with Crippen LogP contribution in [0, 0.1) is 0 Å². The van der Waals surface area contributed by atoms with E-state index in [9.17, 15) is 4.79 Å². The molecule has 4 nitrogen and oxygen atoms in total. The van der Waals surface area contributed by atoms with Crippen molar-refractivity contribution in [3.05, 3.63) is 29.8 Å². The molecule has 1 rings (SSSR count). The second kappa shape index (κ2) is 5.51. The number of nitrogens with one attached hydrogen (secondary N) is 1. The highest BCUT2D eigenvalue weighted by Crippen LogP contribution is 2.11. The molecule has 88 valence electrons. The first-order chi connectivity index (χ1) is 7.49. The summed E-state index contributed by atoms with van der Waals surface area (Å²) in [7, 11) is 0. The quantitative estimate of drug-likeness (QED) is 0.689. The Kier molecular flexibility index (Phi) is 4.31. The van der Waals surface area contributed by atoms with Gasteiger partial charge in [-0.15, -0.1) is 0 Å². The van der Waals surface area contributed by atoms with Crippen molar-refractivity contribution in [2.75, 3.05) is 0 Å². The van der Waals surface area contributed by atoms with Gasteiger partial charge in [0.05, 0.1) is 6.04 Å². The summed E-state index contributed by atoms with van der Waals surface area (Å²) in [4.78, 5) is 11.2. The number of primary amides is 1. The Morgan fingerprint density at radius 2 is 1.94 bits per heavy atom. The van der Waals surface area contributed by atoms with Gasteiger partial charge in [-0.2, -0.15) is 0 Å². The lowest BCUT2D eigenvalue weighted by Gasteiger charge is -2.18. The molecule has 1 aromatic rings. The lowest BCUT2D eigenvalue weighted by atomic mass is 10.0. The Balaban J connectivity index is 2.68. The topological polar surface area (TPSA) is 75.3 Å². The molecule has 0 saturated carbocycles. The van der Waals surface area contributed by atoms with E-state index >= 15 is 0 Å². The van der Waals surface area contributed by atoms with E-state index in [0.29, 0.717) is 6.42 Å². The molecule has 0 radical (unpaired) electrons. The number of nitrogens with two attached hydrogens (primary N) is 1. The van der Waals surface area contributed by atoms with Gasteiger partial charge >= 0.3 is 0 Å². The van der Waals surface area contributed by atoms with Crippen molar-refractivity contribution in [1.82, 2.24) is 5.32 Å². The summed E-state index contributed by atoms with van der Waals surface area (Å²) in [5.74, 6) is -0.141. The van der Waals surface area contributed by atoms with Crippen LogP contribution in [0.25, 0.3) is 0 Å². The molecule has 0 heterocycles. The number of carbonyl (C=O) groups is 1. The van der Waals surface area contributed by atoms with Crippen molar-refractivity contribution in [3.8, 4) is 5.75 Å². The lowest BCUT2D eigenvalue weighted by molar-refractivity contribution is -0.120. The number of carbonyl (C=O) groups excluding carboxylic acids is 1. The number of hydrogen-bond acceptors (Lipinski definition) is 3. The van der Waals surface area contributed by atoms with E-state index < -0.39 is 0 Å². The molecular formula is C12H18N2O2. The molecular weight excluding hydrogens is 204 g/mol. The van der Waals surface area contributed by atoms with Gasteiger partial charge in [-0.25, -0.2) is 0 Å². The van der Waals surface area contributed by atoms with E-state index in [1.807, 2.05) is 13.8 Å². The van der Waals surface area contributed by atoms with Crippen LogP contribution >= 0.6 is 0 Å². The average Bonchev–Trinajstić information content (AvgIpc) is 2.19. The fourth-order valence-electron chi connectivity index (χ4n) is 1.51. The number of benzene rings is 1. The van der Waals surface area contributed by atoms with Crippen LogP contribution in [0.15, 0.2) is 24.3 Å². The number of aromatic hydroxyl groups is 1. The highest BCUT2D eigenvalue weighted by Gasteiger charge is 2.16. The molecule has 0 aliphatic carbocycles. The molecule has 0 bridgehead atoms. The smallest absolute Gasteiger partial charge is 0.234 e. The minimum atomic E-state index is -0.371. The fraction of sp³-hybridized carbons (Fsp3) is 0.417. The number of hydrogen-bond donors (Lipinski definition) is 3. The molecule has 1 atom stereocenters. The van der Waals surface area contributed by atoms with Gasteiger partial charge in [0, 0.05) is 6.04 Å². The zero-order valence-electron chi connectivity index (χ0n) is 9.60. The summed E-state index contributed by atoms with van der Waals surface area (Å²) >= 11 is 0. The monoisotopic (exact) mass is 222 g/mol. The van der Waals surface area contributed by atoms with Crippen LogP contribution in [0.4, 0.5) is 0 Å². The molecule has 0 aliphatic heterocycles. The first kappa shape index (κ1) is 12.5. The summed E-state index contributed by atoms with van der Waals surface area (Å²) in [5, 5.41) is 12.2. The molecule has 1 amide bonds. The molecule has 0 spiro atoms. The van der Waals surface area contributed by atoms with Gasteiger partial charge < -0.3 is 16.2 Å². The van der Waals surface area contributed by atoms with Crippen molar-refractivity contribution < 1.29 is 9.90 Å². The normalized spacial score (nSPS) is 12.7. The number of rotatable bonds is 5. The Bertz CT molecular complexity index is 347. The Morgan fingerprint density at radius 1 is 1.38 bits per heavy atom. The van der Waals surface area contributed by atoms with E-state index in [1.165, 1.54) is 0 Å².